The first-order valence-electron chi connectivity index (χ1n) is 6.36. The van der Waals surface area contributed by atoms with E-state index in [1.165, 1.54) is 0 Å². The molecule has 0 bridgehead atoms. The van der Waals surface area contributed by atoms with Crippen LogP contribution in [0.1, 0.15) is 11.4 Å². The number of hydrogen-bond donors (Lipinski definition) is 1. The summed E-state index contributed by atoms with van der Waals surface area (Å²) in [6.07, 6.45) is 0. The molecule has 106 valence electrons. The van der Waals surface area contributed by atoms with Crippen LogP contribution in [-0.4, -0.2) is 31.2 Å². The summed E-state index contributed by atoms with van der Waals surface area (Å²) in [5.41, 5.74) is 3.40. The molecule has 0 spiro atoms. The predicted molar refractivity (Wildman–Crippen MR) is 79.6 cm³/mol. The van der Waals surface area contributed by atoms with Crippen LogP contribution in [0.3, 0.4) is 0 Å². The fourth-order valence-electron chi connectivity index (χ4n) is 1.96. The Labute approximate surface area is 119 Å². The summed E-state index contributed by atoms with van der Waals surface area (Å²) in [5.74, 6) is 2.21. The fraction of sp³-hybridized carbons (Fsp3) is 0.333. The fourth-order valence-corrected chi connectivity index (χ4v) is 1.96. The summed E-state index contributed by atoms with van der Waals surface area (Å²) in [5, 5.41) is 3.08. The number of anilines is 1. The van der Waals surface area contributed by atoms with E-state index in [9.17, 15) is 0 Å². The number of rotatable bonds is 4. The number of aryl methyl sites for hydroxylation is 2. The Hall–Kier alpha value is -2.30. The van der Waals surface area contributed by atoms with Gasteiger partial charge < -0.3 is 14.8 Å². The maximum Gasteiger partial charge on any atom is 0.152 e. The van der Waals surface area contributed by atoms with Gasteiger partial charge in [-0.25, -0.2) is 9.97 Å². The molecule has 0 radical (unpaired) electrons. The summed E-state index contributed by atoms with van der Waals surface area (Å²) in [7, 11) is 5.10. The maximum atomic E-state index is 5.42. The smallest absolute Gasteiger partial charge is 0.152 e. The van der Waals surface area contributed by atoms with Gasteiger partial charge in [-0.15, -0.1) is 0 Å². The highest BCUT2D eigenvalue weighted by atomic mass is 16.5. The number of methoxy groups -OCH3 is 2. The third-order valence-corrected chi connectivity index (χ3v) is 3.21. The van der Waals surface area contributed by atoms with Crippen molar-refractivity contribution in [3.05, 3.63) is 29.6 Å². The molecule has 0 saturated heterocycles. The lowest BCUT2D eigenvalue weighted by atomic mass is 10.1. The Bertz CT molecular complexity index is 627. The molecule has 0 unspecified atom stereocenters. The standard InChI is InChI=1S/C15H19N3O2/c1-9-10(2)18-15(16-3)14(17-9)12-8-11(19-4)6-7-13(12)20-5/h6-8H,1-5H3,(H,16,18). The molecule has 2 rings (SSSR count). The third kappa shape index (κ3) is 2.52. The van der Waals surface area contributed by atoms with Gasteiger partial charge in [-0.05, 0) is 32.0 Å². The number of aromatic nitrogens is 2. The number of nitrogens with one attached hydrogen (secondary N) is 1. The molecule has 5 heteroatoms. The maximum absolute atomic E-state index is 5.42. The second kappa shape index (κ2) is 5.77. The van der Waals surface area contributed by atoms with Crippen LogP contribution in [0.4, 0.5) is 5.82 Å². The minimum atomic E-state index is 0.722. The van der Waals surface area contributed by atoms with Crippen LogP contribution in [0.25, 0.3) is 11.3 Å². The molecule has 0 saturated carbocycles. The minimum absolute atomic E-state index is 0.722. The summed E-state index contributed by atoms with van der Waals surface area (Å²) in [4.78, 5) is 9.17. The van der Waals surface area contributed by atoms with Crippen molar-refractivity contribution in [2.75, 3.05) is 26.6 Å². The first kappa shape index (κ1) is 14.1. The number of benzene rings is 1. The van der Waals surface area contributed by atoms with Crippen molar-refractivity contribution in [2.24, 2.45) is 0 Å². The molecule has 0 aliphatic rings. The van der Waals surface area contributed by atoms with Gasteiger partial charge in [-0.1, -0.05) is 0 Å². The predicted octanol–water partition coefficient (Wildman–Crippen LogP) is 2.82. The van der Waals surface area contributed by atoms with E-state index >= 15 is 0 Å². The first-order valence-corrected chi connectivity index (χ1v) is 6.36. The van der Waals surface area contributed by atoms with E-state index in [2.05, 4.69) is 15.3 Å². The first-order chi connectivity index (χ1) is 9.60. The van der Waals surface area contributed by atoms with Gasteiger partial charge in [-0.3, -0.25) is 0 Å². The Morgan fingerprint density at radius 1 is 1.00 bits per heavy atom. The lowest BCUT2D eigenvalue weighted by Gasteiger charge is -2.14. The van der Waals surface area contributed by atoms with E-state index in [1.54, 1.807) is 14.2 Å². The molecule has 1 heterocycles. The second-order valence-electron chi connectivity index (χ2n) is 4.41. The monoisotopic (exact) mass is 273 g/mol. The highest BCUT2D eigenvalue weighted by Gasteiger charge is 2.15. The molecule has 20 heavy (non-hydrogen) atoms. The van der Waals surface area contributed by atoms with Gasteiger partial charge in [0, 0.05) is 12.6 Å². The van der Waals surface area contributed by atoms with Crippen LogP contribution in [-0.2, 0) is 0 Å². The molecule has 0 aliphatic carbocycles. The van der Waals surface area contributed by atoms with Crippen LogP contribution in [0.5, 0.6) is 11.5 Å². The van der Waals surface area contributed by atoms with Gasteiger partial charge in [0.25, 0.3) is 0 Å². The van der Waals surface area contributed by atoms with Crippen molar-refractivity contribution in [3.63, 3.8) is 0 Å². The molecule has 2 aromatic rings. The highest BCUT2D eigenvalue weighted by molar-refractivity contribution is 5.77. The van der Waals surface area contributed by atoms with E-state index in [-0.39, 0.29) is 0 Å². The highest BCUT2D eigenvalue weighted by Crippen LogP contribution is 2.35. The van der Waals surface area contributed by atoms with Crippen molar-refractivity contribution >= 4 is 5.82 Å². The summed E-state index contributed by atoms with van der Waals surface area (Å²) in [6.45, 7) is 3.88. The van der Waals surface area contributed by atoms with E-state index in [0.29, 0.717) is 0 Å². The van der Waals surface area contributed by atoms with E-state index < -0.39 is 0 Å². The van der Waals surface area contributed by atoms with Gasteiger partial charge in [0.2, 0.25) is 0 Å². The molecule has 0 atom stereocenters. The van der Waals surface area contributed by atoms with Crippen LogP contribution in [0.2, 0.25) is 0 Å². The van der Waals surface area contributed by atoms with Gasteiger partial charge in [0.15, 0.2) is 5.82 Å². The molecule has 1 aromatic heterocycles. The lowest BCUT2D eigenvalue weighted by Crippen LogP contribution is -2.03. The Morgan fingerprint density at radius 2 is 1.70 bits per heavy atom. The molecule has 0 aliphatic heterocycles. The number of hydrogen-bond acceptors (Lipinski definition) is 5. The summed E-state index contributed by atoms with van der Waals surface area (Å²) >= 11 is 0. The van der Waals surface area contributed by atoms with Gasteiger partial charge in [-0.2, -0.15) is 0 Å². The molecular weight excluding hydrogens is 254 g/mol. The normalized spacial score (nSPS) is 10.2. The van der Waals surface area contributed by atoms with Crippen LogP contribution < -0.4 is 14.8 Å². The average Bonchev–Trinajstić information content (AvgIpc) is 2.48. The van der Waals surface area contributed by atoms with Crippen molar-refractivity contribution in [1.29, 1.82) is 0 Å². The van der Waals surface area contributed by atoms with Gasteiger partial charge in [0.05, 0.1) is 25.6 Å². The third-order valence-electron chi connectivity index (χ3n) is 3.21. The molecular formula is C15H19N3O2. The Kier molecular flexibility index (Phi) is 4.08. The lowest BCUT2D eigenvalue weighted by molar-refractivity contribution is 0.404. The summed E-state index contributed by atoms with van der Waals surface area (Å²) in [6, 6.07) is 5.62. The largest absolute Gasteiger partial charge is 0.497 e. The zero-order valence-electron chi connectivity index (χ0n) is 12.4. The van der Waals surface area contributed by atoms with E-state index in [1.807, 2.05) is 39.1 Å². The van der Waals surface area contributed by atoms with Crippen molar-refractivity contribution in [1.82, 2.24) is 9.97 Å². The van der Waals surface area contributed by atoms with Crippen LogP contribution >= 0.6 is 0 Å². The van der Waals surface area contributed by atoms with E-state index in [4.69, 9.17) is 9.47 Å². The number of ether oxygens (including phenoxy) is 2. The van der Waals surface area contributed by atoms with Gasteiger partial charge in [0.1, 0.15) is 17.2 Å². The molecule has 1 aromatic carbocycles. The SMILES string of the molecule is CNc1nc(C)c(C)nc1-c1cc(OC)ccc1OC. The number of nitrogens with zero attached hydrogens (tertiary/aromatic N) is 2. The average molecular weight is 273 g/mol. The topological polar surface area (TPSA) is 56.3 Å². The zero-order valence-corrected chi connectivity index (χ0v) is 12.4. The van der Waals surface area contributed by atoms with Gasteiger partial charge >= 0.3 is 0 Å². The zero-order chi connectivity index (χ0) is 14.7. The van der Waals surface area contributed by atoms with Crippen molar-refractivity contribution < 1.29 is 9.47 Å². The van der Waals surface area contributed by atoms with Crippen LogP contribution in [0, 0.1) is 13.8 Å². The van der Waals surface area contributed by atoms with Crippen molar-refractivity contribution in [3.8, 4) is 22.8 Å². The minimum Gasteiger partial charge on any atom is -0.497 e. The van der Waals surface area contributed by atoms with Crippen molar-refractivity contribution in [2.45, 2.75) is 13.8 Å². The molecule has 0 amide bonds. The van der Waals surface area contributed by atoms with E-state index in [0.717, 1.165) is 40.0 Å². The quantitative estimate of drug-likeness (QED) is 0.928. The molecule has 5 nitrogen and oxygen atoms in total. The Balaban J connectivity index is 2.69. The van der Waals surface area contributed by atoms with Crippen LogP contribution in [0.15, 0.2) is 18.2 Å². The summed E-state index contributed by atoms with van der Waals surface area (Å²) < 4.78 is 10.7. The molecule has 0 fully saturated rings. The molecule has 1 N–H and O–H groups in total. The Morgan fingerprint density at radius 3 is 2.30 bits per heavy atom. The second-order valence-corrected chi connectivity index (χ2v) is 4.41.